The van der Waals surface area contributed by atoms with Crippen molar-refractivity contribution in [2.24, 2.45) is 0 Å². The highest BCUT2D eigenvalue weighted by atomic mass is 28.3. The third-order valence-corrected chi connectivity index (χ3v) is 16.6. The van der Waals surface area contributed by atoms with E-state index in [9.17, 15) is 0 Å². The molecule has 0 aliphatic carbocycles. The minimum absolute atomic E-state index is 0.704. The SMILES string of the molecule is c1ccc(-c2nc(-c3ccccc3-n3c4ccccc4c4c5oc6ccccc6c5ccc43)nc3c2-c2ccccc2[Si]3(c2ccccc2)c2ccccc2)cc1. The van der Waals surface area contributed by atoms with E-state index in [1.165, 1.54) is 21.1 Å². The molecule has 0 fully saturated rings. The van der Waals surface area contributed by atoms with Crippen LogP contribution in [0.4, 0.5) is 0 Å². The molecule has 11 aromatic rings. The molecule has 0 saturated heterocycles. The zero-order valence-corrected chi connectivity index (χ0v) is 31.8. The number of hydrogen-bond acceptors (Lipinski definition) is 3. The Balaban J connectivity index is 1.20. The van der Waals surface area contributed by atoms with Crippen LogP contribution in [0.3, 0.4) is 0 Å². The first-order chi connectivity index (χ1) is 28.3. The second kappa shape index (κ2) is 12.3. The third kappa shape index (κ3) is 4.49. The maximum atomic E-state index is 6.66. The standard InChI is InChI=1S/C52H33N3OSi/c1-4-18-34(19-5-1)49-48-41-27-13-17-31-46(41)57(35-20-6-2-7-21-35,36-22-8-3-9-23-36)52(48)54-51(53-49)40-26-11-15-29-43(40)55-42-28-14-10-25-39(42)47-44(55)33-32-38-37-24-12-16-30-45(37)56-50(38)47/h1-33H. The molecule has 3 aromatic heterocycles. The fourth-order valence-corrected chi connectivity index (χ4v) is 14.6. The summed E-state index contributed by atoms with van der Waals surface area (Å²) in [5, 5.41) is 9.54. The summed E-state index contributed by atoms with van der Waals surface area (Å²) in [5.74, 6) is 0.704. The molecule has 266 valence electrons. The van der Waals surface area contributed by atoms with Crippen molar-refractivity contribution in [2.45, 2.75) is 0 Å². The fraction of sp³-hybridized carbons (Fsp3) is 0. The van der Waals surface area contributed by atoms with Crippen LogP contribution in [0.15, 0.2) is 205 Å². The van der Waals surface area contributed by atoms with E-state index in [0.717, 1.165) is 77.1 Å². The van der Waals surface area contributed by atoms with Gasteiger partial charge in [-0.25, -0.2) is 9.97 Å². The lowest BCUT2D eigenvalue weighted by atomic mass is 10.0. The first-order valence-electron chi connectivity index (χ1n) is 19.4. The van der Waals surface area contributed by atoms with Gasteiger partial charge in [0.25, 0.3) is 0 Å². The van der Waals surface area contributed by atoms with Crippen molar-refractivity contribution in [3.63, 3.8) is 0 Å². The molecular formula is C52H33N3OSi. The number of hydrogen-bond donors (Lipinski definition) is 0. The molecular weight excluding hydrogens is 711 g/mol. The monoisotopic (exact) mass is 743 g/mol. The molecule has 0 amide bonds. The number of benzene rings is 8. The zero-order valence-electron chi connectivity index (χ0n) is 30.8. The van der Waals surface area contributed by atoms with Gasteiger partial charge in [0, 0.05) is 32.8 Å². The van der Waals surface area contributed by atoms with Crippen molar-refractivity contribution in [1.82, 2.24) is 14.5 Å². The summed E-state index contributed by atoms with van der Waals surface area (Å²) in [6.07, 6.45) is 0. The molecule has 0 spiro atoms. The first-order valence-corrected chi connectivity index (χ1v) is 21.4. The summed E-state index contributed by atoms with van der Waals surface area (Å²) in [7, 11) is -2.94. The summed E-state index contributed by atoms with van der Waals surface area (Å²) < 4.78 is 9.03. The molecule has 57 heavy (non-hydrogen) atoms. The van der Waals surface area contributed by atoms with Crippen molar-refractivity contribution in [3.05, 3.63) is 200 Å². The van der Waals surface area contributed by atoms with Gasteiger partial charge < -0.3 is 8.98 Å². The molecule has 0 atom stereocenters. The largest absolute Gasteiger partial charge is 0.455 e. The van der Waals surface area contributed by atoms with Crippen molar-refractivity contribution < 1.29 is 4.42 Å². The number of furan rings is 1. The van der Waals surface area contributed by atoms with Crippen LogP contribution in [0.5, 0.6) is 0 Å². The molecule has 4 heterocycles. The molecule has 1 aliphatic heterocycles. The Morgan fingerprint density at radius 1 is 0.456 bits per heavy atom. The molecule has 5 heteroatoms. The summed E-state index contributed by atoms with van der Waals surface area (Å²) in [6, 6.07) is 71.7. The molecule has 0 bridgehead atoms. The summed E-state index contributed by atoms with van der Waals surface area (Å²) in [4.78, 5) is 11.5. The maximum Gasteiger partial charge on any atom is 0.203 e. The van der Waals surface area contributed by atoms with Crippen LogP contribution < -0.4 is 20.9 Å². The van der Waals surface area contributed by atoms with Crippen LogP contribution in [-0.2, 0) is 0 Å². The van der Waals surface area contributed by atoms with Gasteiger partial charge in [-0.15, -0.1) is 0 Å². The van der Waals surface area contributed by atoms with Gasteiger partial charge in [-0.3, -0.25) is 0 Å². The number of para-hydroxylation sites is 3. The molecule has 0 radical (unpaired) electrons. The number of rotatable bonds is 5. The maximum absolute atomic E-state index is 6.66. The van der Waals surface area contributed by atoms with E-state index < -0.39 is 8.07 Å². The lowest BCUT2D eigenvalue weighted by Crippen LogP contribution is -2.73. The number of nitrogens with zero attached hydrogens (tertiary/aromatic N) is 3. The number of fused-ring (bicyclic) bond motifs is 10. The molecule has 0 N–H and O–H groups in total. The molecule has 8 aromatic carbocycles. The highest BCUT2D eigenvalue weighted by Gasteiger charge is 2.51. The van der Waals surface area contributed by atoms with Crippen LogP contribution >= 0.6 is 0 Å². The van der Waals surface area contributed by atoms with E-state index in [2.05, 4.69) is 199 Å². The first kappa shape index (κ1) is 32.0. The third-order valence-electron chi connectivity index (χ3n) is 11.9. The van der Waals surface area contributed by atoms with Crippen molar-refractivity contribution >= 4 is 72.7 Å². The molecule has 0 unspecified atom stereocenters. The van der Waals surface area contributed by atoms with E-state index in [4.69, 9.17) is 14.4 Å². The van der Waals surface area contributed by atoms with Crippen molar-refractivity contribution in [1.29, 1.82) is 0 Å². The lowest BCUT2D eigenvalue weighted by Gasteiger charge is -2.30. The van der Waals surface area contributed by atoms with E-state index in [-0.39, 0.29) is 0 Å². The Bertz CT molecular complexity index is 3310. The van der Waals surface area contributed by atoms with Crippen LogP contribution in [0, 0.1) is 0 Å². The van der Waals surface area contributed by atoms with Gasteiger partial charge >= 0.3 is 0 Å². The quantitative estimate of drug-likeness (QED) is 0.165. The van der Waals surface area contributed by atoms with Gasteiger partial charge in [0.15, 0.2) is 5.82 Å². The molecule has 0 saturated carbocycles. The average molecular weight is 744 g/mol. The van der Waals surface area contributed by atoms with E-state index >= 15 is 0 Å². The zero-order chi connectivity index (χ0) is 37.5. The predicted molar refractivity (Wildman–Crippen MR) is 237 cm³/mol. The van der Waals surface area contributed by atoms with Gasteiger partial charge in [0.1, 0.15) is 11.2 Å². The van der Waals surface area contributed by atoms with Crippen LogP contribution in [-0.4, -0.2) is 22.6 Å². The summed E-state index contributed by atoms with van der Waals surface area (Å²) in [6.45, 7) is 0. The van der Waals surface area contributed by atoms with Crippen LogP contribution in [0.25, 0.3) is 83.2 Å². The topological polar surface area (TPSA) is 43.9 Å². The number of aromatic nitrogens is 3. The minimum atomic E-state index is -2.94. The summed E-state index contributed by atoms with van der Waals surface area (Å²) >= 11 is 0. The minimum Gasteiger partial charge on any atom is -0.455 e. The molecule has 1 aliphatic rings. The van der Waals surface area contributed by atoms with E-state index in [1.54, 1.807) is 0 Å². The smallest absolute Gasteiger partial charge is 0.203 e. The Kier molecular flexibility index (Phi) is 6.91. The van der Waals surface area contributed by atoms with Gasteiger partial charge in [-0.2, -0.15) is 0 Å². The average Bonchev–Trinajstić information content (AvgIpc) is 3.93. The molecule has 4 nitrogen and oxygen atoms in total. The van der Waals surface area contributed by atoms with Crippen LogP contribution in [0.2, 0.25) is 0 Å². The predicted octanol–water partition coefficient (Wildman–Crippen LogP) is 10.2. The van der Waals surface area contributed by atoms with E-state index in [1.807, 2.05) is 6.07 Å². The highest BCUT2D eigenvalue weighted by molar-refractivity contribution is 7.21. The van der Waals surface area contributed by atoms with Gasteiger partial charge in [-0.05, 0) is 57.5 Å². The Morgan fingerprint density at radius 2 is 1.07 bits per heavy atom. The Hall–Kier alpha value is -7.34. The second-order valence-corrected chi connectivity index (χ2v) is 18.5. The Morgan fingerprint density at radius 3 is 1.84 bits per heavy atom. The van der Waals surface area contributed by atoms with Gasteiger partial charge in [-0.1, -0.05) is 164 Å². The Labute approximate surface area is 330 Å². The van der Waals surface area contributed by atoms with E-state index in [0.29, 0.717) is 5.82 Å². The van der Waals surface area contributed by atoms with Gasteiger partial charge in [0.05, 0.1) is 33.1 Å². The van der Waals surface area contributed by atoms with Crippen molar-refractivity contribution in [2.75, 3.05) is 0 Å². The summed E-state index contributed by atoms with van der Waals surface area (Å²) in [5.41, 5.74) is 10.3. The molecule has 12 rings (SSSR count). The highest BCUT2D eigenvalue weighted by Crippen LogP contribution is 2.43. The lowest BCUT2D eigenvalue weighted by molar-refractivity contribution is 0.673. The van der Waals surface area contributed by atoms with Gasteiger partial charge in [0.2, 0.25) is 8.07 Å². The second-order valence-electron chi connectivity index (χ2n) is 14.8. The fourth-order valence-electron chi connectivity index (χ4n) is 9.55. The van der Waals surface area contributed by atoms with Crippen LogP contribution in [0.1, 0.15) is 0 Å². The normalized spacial score (nSPS) is 13.1. The van der Waals surface area contributed by atoms with Crippen molar-refractivity contribution in [3.8, 4) is 39.5 Å².